The Hall–Kier alpha value is -2.82. The van der Waals surface area contributed by atoms with E-state index in [-0.39, 0.29) is 5.71 Å². The Morgan fingerprint density at radius 1 is 1.14 bits per heavy atom. The number of para-hydroxylation sites is 1. The van der Waals surface area contributed by atoms with Crippen LogP contribution in [-0.2, 0) is 4.79 Å². The zero-order valence-electron chi connectivity index (χ0n) is 11.8. The minimum atomic E-state index is -0.488. The number of carbonyl (C=O) groups excluding carboxylic acids is 1. The molecule has 5 nitrogen and oxygen atoms in total. The predicted octanol–water partition coefficient (Wildman–Crippen LogP) is 2.71. The van der Waals surface area contributed by atoms with Gasteiger partial charge in [-0.25, -0.2) is 0 Å². The molecule has 2 aromatic carbocycles. The molecule has 0 unspecified atom stereocenters. The van der Waals surface area contributed by atoms with Gasteiger partial charge in [0.25, 0.3) is 5.91 Å². The number of nitrogens with one attached hydrogen (secondary N) is 1. The summed E-state index contributed by atoms with van der Waals surface area (Å²) in [5.74, 6) is 0.595. The Morgan fingerprint density at radius 3 is 2.43 bits per heavy atom. The number of hydrogen-bond donors (Lipinski definition) is 2. The van der Waals surface area contributed by atoms with Gasteiger partial charge in [-0.15, -0.1) is 0 Å². The van der Waals surface area contributed by atoms with Crippen molar-refractivity contribution in [3.63, 3.8) is 0 Å². The number of benzene rings is 2. The average molecular weight is 284 g/mol. The molecule has 2 rings (SSSR count). The van der Waals surface area contributed by atoms with E-state index >= 15 is 0 Å². The van der Waals surface area contributed by atoms with Crippen LogP contribution in [0.5, 0.6) is 11.5 Å². The highest BCUT2D eigenvalue weighted by molar-refractivity contribution is 6.45. The summed E-state index contributed by atoms with van der Waals surface area (Å²) >= 11 is 0. The van der Waals surface area contributed by atoms with Gasteiger partial charge in [0.2, 0.25) is 0 Å². The number of aryl methyl sites for hydroxylation is 1. The van der Waals surface area contributed by atoms with Crippen molar-refractivity contribution in [3.8, 4) is 11.5 Å². The van der Waals surface area contributed by atoms with Gasteiger partial charge in [-0.1, -0.05) is 35.0 Å². The Morgan fingerprint density at radius 2 is 1.81 bits per heavy atom. The highest BCUT2D eigenvalue weighted by Gasteiger charge is 2.18. The van der Waals surface area contributed by atoms with Gasteiger partial charge in [0.05, 0.1) is 5.56 Å². The molecule has 0 heterocycles. The first-order chi connectivity index (χ1) is 10.2. The van der Waals surface area contributed by atoms with Crippen LogP contribution in [0.25, 0.3) is 0 Å². The molecule has 0 aromatic heterocycles. The molecule has 0 radical (unpaired) electrons. The molecule has 108 valence electrons. The van der Waals surface area contributed by atoms with Gasteiger partial charge in [-0.05, 0) is 31.2 Å². The van der Waals surface area contributed by atoms with E-state index < -0.39 is 5.91 Å². The Bertz CT molecular complexity index is 663. The maximum atomic E-state index is 11.7. The molecule has 0 atom stereocenters. The number of amides is 1. The predicted molar refractivity (Wildman–Crippen MR) is 80.1 cm³/mol. The molecule has 0 spiro atoms. The molecule has 0 saturated carbocycles. The third kappa shape index (κ3) is 3.39. The van der Waals surface area contributed by atoms with E-state index in [4.69, 9.17) is 9.94 Å². The van der Waals surface area contributed by atoms with Gasteiger partial charge in [-0.3, -0.25) is 4.79 Å². The number of oxime groups is 1. The lowest BCUT2D eigenvalue weighted by Gasteiger charge is -2.11. The Labute approximate surface area is 122 Å². The van der Waals surface area contributed by atoms with Gasteiger partial charge in [0, 0.05) is 7.05 Å². The molecule has 2 aromatic rings. The fourth-order valence-electron chi connectivity index (χ4n) is 1.82. The van der Waals surface area contributed by atoms with E-state index in [1.165, 1.54) is 7.05 Å². The van der Waals surface area contributed by atoms with Crippen LogP contribution >= 0.6 is 0 Å². The van der Waals surface area contributed by atoms with Gasteiger partial charge in [0.1, 0.15) is 11.5 Å². The van der Waals surface area contributed by atoms with Gasteiger partial charge in [-0.2, -0.15) is 0 Å². The zero-order valence-corrected chi connectivity index (χ0v) is 11.8. The van der Waals surface area contributed by atoms with E-state index in [1.807, 2.05) is 31.2 Å². The minimum absolute atomic E-state index is 0.0970. The van der Waals surface area contributed by atoms with Crippen LogP contribution in [0.4, 0.5) is 0 Å². The molecule has 5 heteroatoms. The van der Waals surface area contributed by atoms with Crippen LogP contribution in [-0.4, -0.2) is 23.9 Å². The standard InChI is InChI=1S/C16H16N2O3/c1-11-7-9-12(10-8-11)21-14-6-4-3-5-13(14)15(18-20)16(19)17-2/h3-10,20H,1-2H3,(H,17,19). The van der Waals surface area contributed by atoms with Crippen LogP contribution in [0, 0.1) is 6.92 Å². The summed E-state index contributed by atoms with van der Waals surface area (Å²) in [5, 5.41) is 14.6. The van der Waals surface area contributed by atoms with Crippen molar-refractivity contribution in [1.29, 1.82) is 0 Å². The van der Waals surface area contributed by atoms with Crippen LogP contribution in [0.3, 0.4) is 0 Å². The lowest BCUT2D eigenvalue weighted by Crippen LogP contribution is -2.28. The van der Waals surface area contributed by atoms with Crippen molar-refractivity contribution >= 4 is 11.6 Å². The molecule has 0 aliphatic heterocycles. The largest absolute Gasteiger partial charge is 0.457 e. The minimum Gasteiger partial charge on any atom is -0.457 e. The van der Waals surface area contributed by atoms with Crippen molar-refractivity contribution in [3.05, 3.63) is 59.7 Å². The van der Waals surface area contributed by atoms with Crippen molar-refractivity contribution in [2.24, 2.45) is 5.16 Å². The average Bonchev–Trinajstić information content (AvgIpc) is 2.51. The molecule has 21 heavy (non-hydrogen) atoms. The molecule has 0 aliphatic carbocycles. The summed E-state index contributed by atoms with van der Waals surface area (Å²) in [6.07, 6.45) is 0. The smallest absolute Gasteiger partial charge is 0.273 e. The zero-order chi connectivity index (χ0) is 15.2. The van der Waals surface area contributed by atoms with Crippen molar-refractivity contribution in [2.45, 2.75) is 6.92 Å². The topological polar surface area (TPSA) is 70.9 Å². The lowest BCUT2D eigenvalue weighted by atomic mass is 10.1. The van der Waals surface area contributed by atoms with Crippen molar-refractivity contribution in [2.75, 3.05) is 7.05 Å². The fraction of sp³-hybridized carbons (Fsp3) is 0.125. The first-order valence-electron chi connectivity index (χ1n) is 6.43. The van der Waals surface area contributed by atoms with Gasteiger partial charge >= 0.3 is 0 Å². The molecule has 0 aliphatic rings. The van der Waals surface area contributed by atoms with Crippen LogP contribution < -0.4 is 10.1 Å². The summed E-state index contributed by atoms with van der Waals surface area (Å²) < 4.78 is 5.77. The second-order valence-corrected chi connectivity index (χ2v) is 4.44. The fourth-order valence-corrected chi connectivity index (χ4v) is 1.82. The van der Waals surface area contributed by atoms with E-state index in [9.17, 15) is 4.79 Å². The molecule has 2 N–H and O–H groups in total. The Kier molecular flexibility index (Phi) is 4.56. The van der Waals surface area contributed by atoms with E-state index in [2.05, 4.69) is 10.5 Å². The quantitative estimate of drug-likeness (QED) is 0.515. The second kappa shape index (κ2) is 6.56. The normalized spacial score (nSPS) is 11.0. The Balaban J connectivity index is 2.37. The number of nitrogens with zero attached hydrogens (tertiary/aromatic N) is 1. The maximum absolute atomic E-state index is 11.7. The second-order valence-electron chi connectivity index (χ2n) is 4.44. The number of hydrogen-bond acceptors (Lipinski definition) is 4. The molecule has 0 saturated heterocycles. The number of ether oxygens (including phenoxy) is 1. The monoisotopic (exact) mass is 284 g/mol. The van der Waals surface area contributed by atoms with E-state index in [1.54, 1.807) is 24.3 Å². The van der Waals surface area contributed by atoms with E-state index in [0.717, 1.165) is 5.56 Å². The van der Waals surface area contributed by atoms with Crippen LogP contribution in [0.1, 0.15) is 11.1 Å². The van der Waals surface area contributed by atoms with Gasteiger partial charge < -0.3 is 15.3 Å². The van der Waals surface area contributed by atoms with Crippen molar-refractivity contribution < 1.29 is 14.7 Å². The first kappa shape index (κ1) is 14.6. The SMILES string of the molecule is CNC(=O)C(=NO)c1ccccc1Oc1ccc(C)cc1. The molecule has 0 bridgehead atoms. The molecular formula is C16H16N2O3. The summed E-state index contributed by atoms with van der Waals surface area (Å²) in [7, 11) is 1.47. The number of carbonyl (C=O) groups is 1. The van der Waals surface area contributed by atoms with Crippen LogP contribution in [0.15, 0.2) is 53.7 Å². The van der Waals surface area contributed by atoms with Gasteiger partial charge in [0.15, 0.2) is 5.71 Å². The number of rotatable bonds is 4. The third-order valence-electron chi connectivity index (χ3n) is 2.93. The highest BCUT2D eigenvalue weighted by atomic mass is 16.5. The summed E-state index contributed by atoms with van der Waals surface area (Å²) in [4.78, 5) is 11.7. The molecule has 1 amide bonds. The summed E-state index contributed by atoms with van der Waals surface area (Å²) in [6.45, 7) is 1.99. The molecule has 0 fully saturated rings. The summed E-state index contributed by atoms with van der Waals surface area (Å²) in [6, 6.07) is 14.4. The van der Waals surface area contributed by atoms with Crippen molar-refractivity contribution in [1.82, 2.24) is 5.32 Å². The highest BCUT2D eigenvalue weighted by Crippen LogP contribution is 2.26. The van der Waals surface area contributed by atoms with Crippen LogP contribution in [0.2, 0.25) is 0 Å². The number of likely N-dealkylation sites (N-methyl/N-ethyl adjacent to an activating group) is 1. The first-order valence-corrected chi connectivity index (χ1v) is 6.43. The lowest BCUT2D eigenvalue weighted by molar-refractivity contribution is -0.114. The molecular weight excluding hydrogens is 268 g/mol. The third-order valence-corrected chi connectivity index (χ3v) is 2.93. The van der Waals surface area contributed by atoms with E-state index in [0.29, 0.717) is 17.1 Å². The summed E-state index contributed by atoms with van der Waals surface area (Å²) in [5.41, 5.74) is 1.44. The maximum Gasteiger partial charge on any atom is 0.273 e.